The van der Waals surface area contributed by atoms with Gasteiger partial charge in [-0.25, -0.2) is 0 Å². The summed E-state index contributed by atoms with van der Waals surface area (Å²) < 4.78 is 38.4. The molecule has 1 aromatic heterocycles. The smallest absolute Gasteiger partial charge is 0.321 e. The van der Waals surface area contributed by atoms with Gasteiger partial charge in [0.05, 0.1) is 16.8 Å². The molecular weight excluding hydrogens is 287 g/mol. The molecule has 2 rings (SSSR count). The third-order valence-corrected chi connectivity index (χ3v) is 3.83. The summed E-state index contributed by atoms with van der Waals surface area (Å²) >= 11 is 1.42. The average molecular weight is 299 g/mol. The minimum Gasteiger partial charge on any atom is -0.321 e. The highest BCUT2D eigenvalue weighted by molar-refractivity contribution is 7.10. The van der Waals surface area contributed by atoms with Gasteiger partial charge in [0.25, 0.3) is 5.91 Å². The normalized spacial score (nSPS) is 11.4. The first-order valence-electron chi connectivity index (χ1n) is 5.96. The SMILES string of the molecule is CCc1cc(C(=O)Nc2ccccc2C(F)(F)F)cs1. The molecule has 0 radical (unpaired) electrons. The van der Waals surface area contributed by atoms with Crippen molar-refractivity contribution in [3.8, 4) is 0 Å². The Morgan fingerprint density at radius 2 is 2.00 bits per heavy atom. The lowest BCUT2D eigenvalue weighted by Gasteiger charge is -2.13. The van der Waals surface area contributed by atoms with E-state index in [9.17, 15) is 18.0 Å². The number of carbonyl (C=O) groups is 1. The zero-order chi connectivity index (χ0) is 14.8. The summed E-state index contributed by atoms with van der Waals surface area (Å²) in [5, 5.41) is 3.96. The van der Waals surface area contributed by atoms with E-state index in [-0.39, 0.29) is 5.69 Å². The summed E-state index contributed by atoms with van der Waals surface area (Å²) in [5.74, 6) is -0.530. The second-order valence-corrected chi connectivity index (χ2v) is 5.15. The van der Waals surface area contributed by atoms with Crippen LogP contribution in [0.25, 0.3) is 0 Å². The highest BCUT2D eigenvalue weighted by Crippen LogP contribution is 2.34. The van der Waals surface area contributed by atoms with E-state index in [0.717, 1.165) is 17.4 Å². The van der Waals surface area contributed by atoms with E-state index in [4.69, 9.17) is 0 Å². The maximum Gasteiger partial charge on any atom is 0.418 e. The molecule has 0 spiro atoms. The maximum atomic E-state index is 12.8. The second kappa shape index (κ2) is 5.66. The quantitative estimate of drug-likeness (QED) is 0.883. The van der Waals surface area contributed by atoms with Crippen LogP contribution in [0.15, 0.2) is 35.7 Å². The van der Waals surface area contributed by atoms with E-state index in [1.165, 1.54) is 29.5 Å². The van der Waals surface area contributed by atoms with E-state index in [1.807, 2.05) is 6.92 Å². The molecule has 2 nitrogen and oxygen atoms in total. The Balaban J connectivity index is 2.24. The number of hydrogen-bond donors (Lipinski definition) is 1. The van der Waals surface area contributed by atoms with Gasteiger partial charge in [-0.3, -0.25) is 4.79 Å². The molecule has 0 saturated heterocycles. The maximum absolute atomic E-state index is 12.8. The summed E-state index contributed by atoms with van der Waals surface area (Å²) in [6.45, 7) is 1.95. The van der Waals surface area contributed by atoms with E-state index in [0.29, 0.717) is 5.56 Å². The Hall–Kier alpha value is -1.82. The number of carbonyl (C=O) groups excluding carboxylic acids is 1. The Labute approximate surface area is 118 Å². The number of rotatable bonds is 3. The topological polar surface area (TPSA) is 29.1 Å². The number of anilines is 1. The average Bonchev–Trinajstić information content (AvgIpc) is 2.87. The van der Waals surface area contributed by atoms with Crippen molar-refractivity contribution in [2.45, 2.75) is 19.5 Å². The first-order chi connectivity index (χ1) is 9.41. The van der Waals surface area contributed by atoms with Gasteiger partial charge in [-0.15, -0.1) is 11.3 Å². The fourth-order valence-corrected chi connectivity index (χ4v) is 2.53. The van der Waals surface area contributed by atoms with Gasteiger partial charge in [0.15, 0.2) is 0 Å². The third kappa shape index (κ3) is 3.19. The number of para-hydroxylation sites is 1. The first-order valence-corrected chi connectivity index (χ1v) is 6.84. The molecule has 1 aromatic carbocycles. The number of aryl methyl sites for hydroxylation is 1. The number of halogens is 3. The summed E-state index contributed by atoms with van der Waals surface area (Å²) in [5.41, 5.74) is -0.697. The zero-order valence-electron chi connectivity index (χ0n) is 10.6. The highest BCUT2D eigenvalue weighted by Gasteiger charge is 2.33. The number of amides is 1. The summed E-state index contributed by atoms with van der Waals surface area (Å²) in [4.78, 5) is 13.0. The summed E-state index contributed by atoms with van der Waals surface area (Å²) in [6.07, 6.45) is -3.70. The van der Waals surface area contributed by atoms with Crippen LogP contribution in [0.5, 0.6) is 0 Å². The number of benzene rings is 1. The molecule has 0 fully saturated rings. The fourth-order valence-electron chi connectivity index (χ4n) is 1.72. The van der Waals surface area contributed by atoms with Gasteiger partial charge in [-0.05, 0) is 24.6 Å². The zero-order valence-corrected chi connectivity index (χ0v) is 11.4. The molecule has 6 heteroatoms. The highest BCUT2D eigenvalue weighted by atomic mass is 32.1. The van der Waals surface area contributed by atoms with Crippen LogP contribution in [0.3, 0.4) is 0 Å². The molecule has 20 heavy (non-hydrogen) atoms. The van der Waals surface area contributed by atoms with Crippen LogP contribution < -0.4 is 5.32 Å². The molecule has 1 heterocycles. The molecule has 0 atom stereocenters. The Bertz CT molecular complexity index is 619. The van der Waals surface area contributed by atoms with Crippen molar-refractivity contribution in [1.29, 1.82) is 0 Å². The van der Waals surface area contributed by atoms with Crippen molar-refractivity contribution < 1.29 is 18.0 Å². The van der Waals surface area contributed by atoms with Crippen LogP contribution in [0.2, 0.25) is 0 Å². The summed E-state index contributed by atoms with van der Waals surface area (Å²) in [7, 11) is 0. The van der Waals surface area contributed by atoms with Crippen molar-refractivity contribution in [1.82, 2.24) is 0 Å². The molecule has 1 amide bonds. The van der Waals surface area contributed by atoms with Crippen LogP contribution in [0.1, 0.15) is 27.7 Å². The molecule has 0 aliphatic carbocycles. The largest absolute Gasteiger partial charge is 0.418 e. The van der Waals surface area contributed by atoms with Crippen molar-refractivity contribution in [3.05, 3.63) is 51.7 Å². The van der Waals surface area contributed by atoms with Gasteiger partial charge in [-0.1, -0.05) is 19.1 Å². The van der Waals surface area contributed by atoms with Gasteiger partial charge >= 0.3 is 6.18 Å². The molecule has 0 saturated carbocycles. The van der Waals surface area contributed by atoms with Crippen molar-refractivity contribution in [3.63, 3.8) is 0 Å². The third-order valence-electron chi connectivity index (χ3n) is 2.75. The van der Waals surface area contributed by atoms with Crippen molar-refractivity contribution in [2.75, 3.05) is 5.32 Å². The van der Waals surface area contributed by atoms with Gasteiger partial charge in [0.1, 0.15) is 0 Å². The lowest BCUT2D eigenvalue weighted by atomic mass is 10.1. The van der Waals surface area contributed by atoms with E-state index in [1.54, 1.807) is 11.4 Å². The van der Waals surface area contributed by atoms with E-state index < -0.39 is 17.6 Å². The molecular formula is C14H12F3NOS. The molecule has 0 bridgehead atoms. The number of thiophene rings is 1. The monoisotopic (exact) mass is 299 g/mol. The van der Waals surface area contributed by atoms with Crippen LogP contribution in [0.4, 0.5) is 18.9 Å². The minimum atomic E-state index is -4.49. The van der Waals surface area contributed by atoms with Crippen LogP contribution in [-0.2, 0) is 12.6 Å². The van der Waals surface area contributed by atoms with Crippen molar-refractivity contribution >= 4 is 22.9 Å². The Morgan fingerprint density at radius 1 is 1.30 bits per heavy atom. The van der Waals surface area contributed by atoms with Crippen LogP contribution in [0, 0.1) is 0 Å². The fraction of sp³-hybridized carbons (Fsp3) is 0.214. The van der Waals surface area contributed by atoms with Gasteiger partial charge < -0.3 is 5.32 Å². The molecule has 106 valence electrons. The first kappa shape index (κ1) is 14.6. The minimum absolute atomic E-state index is 0.228. The lowest BCUT2D eigenvalue weighted by Crippen LogP contribution is -2.16. The van der Waals surface area contributed by atoms with Gasteiger partial charge in [0.2, 0.25) is 0 Å². The standard InChI is InChI=1S/C14H12F3NOS/c1-2-10-7-9(8-20-10)13(19)18-12-6-4-3-5-11(12)14(15,16)17/h3-8H,2H2,1H3,(H,18,19). The molecule has 0 aliphatic rings. The Morgan fingerprint density at radius 3 is 2.60 bits per heavy atom. The number of alkyl halides is 3. The predicted molar refractivity (Wildman–Crippen MR) is 73.1 cm³/mol. The summed E-state index contributed by atoms with van der Waals surface area (Å²) in [6, 6.07) is 6.62. The number of hydrogen-bond acceptors (Lipinski definition) is 2. The van der Waals surface area contributed by atoms with E-state index in [2.05, 4.69) is 5.32 Å². The number of nitrogens with one attached hydrogen (secondary N) is 1. The lowest BCUT2D eigenvalue weighted by molar-refractivity contribution is -0.136. The molecule has 1 N–H and O–H groups in total. The predicted octanol–water partition coefficient (Wildman–Crippen LogP) is 4.58. The Kier molecular flexibility index (Phi) is 4.13. The molecule has 2 aromatic rings. The van der Waals surface area contributed by atoms with Gasteiger partial charge in [-0.2, -0.15) is 13.2 Å². The van der Waals surface area contributed by atoms with Gasteiger partial charge in [0, 0.05) is 10.3 Å². The van der Waals surface area contributed by atoms with E-state index >= 15 is 0 Å². The van der Waals surface area contributed by atoms with Crippen molar-refractivity contribution in [2.24, 2.45) is 0 Å². The van der Waals surface area contributed by atoms with Crippen LogP contribution >= 0.6 is 11.3 Å². The second-order valence-electron chi connectivity index (χ2n) is 4.15. The van der Waals surface area contributed by atoms with Crippen LogP contribution in [-0.4, -0.2) is 5.91 Å². The molecule has 0 aliphatic heterocycles. The molecule has 0 unspecified atom stereocenters.